The van der Waals surface area contributed by atoms with E-state index in [1.807, 2.05) is 49.4 Å². The summed E-state index contributed by atoms with van der Waals surface area (Å²) in [5, 5.41) is 5.59. The molecule has 0 saturated heterocycles. The first kappa shape index (κ1) is 22.8. The fraction of sp³-hybridized carbons (Fsp3) is 0.148. The van der Waals surface area contributed by atoms with Gasteiger partial charge in [-0.3, -0.25) is 9.59 Å². The Bertz CT molecular complexity index is 1250. The first-order chi connectivity index (χ1) is 16.5. The smallest absolute Gasteiger partial charge is 0.262 e. The Morgan fingerprint density at radius 2 is 1.62 bits per heavy atom. The van der Waals surface area contributed by atoms with Crippen LogP contribution in [0.1, 0.15) is 17.9 Å². The van der Waals surface area contributed by atoms with Crippen molar-refractivity contribution in [2.24, 2.45) is 0 Å². The van der Waals surface area contributed by atoms with Crippen molar-refractivity contribution in [3.05, 3.63) is 96.5 Å². The minimum Gasteiger partial charge on any atom is -0.484 e. The van der Waals surface area contributed by atoms with Crippen molar-refractivity contribution < 1.29 is 18.7 Å². The molecule has 1 heterocycles. The van der Waals surface area contributed by atoms with Gasteiger partial charge in [-0.1, -0.05) is 54.1 Å². The van der Waals surface area contributed by atoms with Gasteiger partial charge < -0.3 is 19.8 Å². The molecule has 0 atom stereocenters. The Morgan fingerprint density at radius 3 is 2.41 bits per heavy atom. The summed E-state index contributed by atoms with van der Waals surface area (Å²) < 4.78 is 11.3. The number of aryl methyl sites for hydroxylation is 2. The SMILES string of the molecule is Cc1ccc(-c2cnc(CCC(=O)Nc3cccc(OCC(=O)Nc4ccccc4)c3)o2)cc1. The summed E-state index contributed by atoms with van der Waals surface area (Å²) in [7, 11) is 0. The molecule has 0 radical (unpaired) electrons. The molecule has 4 rings (SSSR count). The number of hydrogen-bond donors (Lipinski definition) is 2. The number of anilines is 2. The van der Waals surface area contributed by atoms with E-state index < -0.39 is 0 Å². The minimum absolute atomic E-state index is 0.139. The lowest BCUT2D eigenvalue weighted by Gasteiger charge is -2.09. The van der Waals surface area contributed by atoms with Crippen molar-refractivity contribution in [2.45, 2.75) is 19.8 Å². The molecule has 7 nitrogen and oxygen atoms in total. The molecule has 0 bridgehead atoms. The third-order valence-corrected chi connectivity index (χ3v) is 5.00. The number of ether oxygens (including phenoxy) is 1. The summed E-state index contributed by atoms with van der Waals surface area (Å²) in [6.45, 7) is 1.89. The molecule has 0 aliphatic rings. The Kier molecular flexibility index (Phi) is 7.35. The average molecular weight is 456 g/mol. The maximum absolute atomic E-state index is 12.4. The number of benzene rings is 3. The number of aromatic nitrogens is 1. The zero-order chi connectivity index (χ0) is 23.8. The van der Waals surface area contributed by atoms with E-state index >= 15 is 0 Å². The van der Waals surface area contributed by atoms with Crippen LogP contribution >= 0.6 is 0 Å². The van der Waals surface area contributed by atoms with Gasteiger partial charge in [-0.15, -0.1) is 0 Å². The van der Waals surface area contributed by atoms with Crippen LogP contribution in [-0.4, -0.2) is 23.4 Å². The molecule has 7 heteroatoms. The molecule has 2 amide bonds. The quantitative estimate of drug-likeness (QED) is 0.360. The van der Waals surface area contributed by atoms with Crippen LogP contribution in [0.2, 0.25) is 0 Å². The van der Waals surface area contributed by atoms with Crippen LogP contribution in [-0.2, 0) is 16.0 Å². The summed E-state index contributed by atoms with van der Waals surface area (Å²) >= 11 is 0. The van der Waals surface area contributed by atoms with Gasteiger partial charge in [0.1, 0.15) is 5.75 Å². The second kappa shape index (κ2) is 11.0. The number of carbonyl (C=O) groups is 2. The molecule has 0 aliphatic carbocycles. The van der Waals surface area contributed by atoms with Gasteiger partial charge in [0, 0.05) is 35.8 Å². The van der Waals surface area contributed by atoms with E-state index in [0.717, 1.165) is 5.56 Å². The summed E-state index contributed by atoms with van der Waals surface area (Å²) in [4.78, 5) is 28.7. The Morgan fingerprint density at radius 1 is 0.882 bits per heavy atom. The predicted octanol–water partition coefficient (Wildman–Crippen LogP) is 5.24. The molecular weight excluding hydrogens is 430 g/mol. The lowest BCUT2D eigenvalue weighted by molar-refractivity contribution is -0.118. The Balaban J connectivity index is 1.24. The van der Waals surface area contributed by atoms with Gasteiger partial charge in [-0.25, -0.2) is 4.98 Å². The van der Waals surface area contributed by atoms with Gasteiger partial charge in [0.2, 0.25) is 5.91 Å². The van der Waals surface area contributed by atoms with Crippen LogP contribution in [0.3, 0.4) is 0 Å². The number of carbonyl (C=O) groups excluding carboxylic acids is 2. The highest BCUT2D eigenvalue weighted by Gasteiger charge is 2.10. The summed E-state index contributed by atoms with van der Waals surface area (Å²) in [5.41, 5.74) is 3.40. The monoisotopic (exact) mass is 455 g/mol. The summed E-state index contributed by atoms with van der Waals surface area (Å²) in [5.74, 6) is 1.23. The average Bonchev–Trinajstić information content (AvgIpc) is 3.32. The number of rotatable bonds is 9. The van der Waals surface area contributed by atoms with Crippen molar-refractivity contribution in [3.8, 4) is 17.1 Å². The second-order valence-corrected chi connectivity index (χ2v) is 7.76. The van der Waals surface area contributed by atoms with Crippen molar-refractivity contribution in [2.75, 3.05) is 17.2 Å². The maximum Gasteiger partial charge on any atom is 0.262 e. The highest BCUT2D eigenvalue weighted by molar-refractivity contribution is 5.92. The first-order valence-electron chi connectivity index (χ1n) is 10.9. The fourth-order valence-electron chi connectivity index (χ4n) is 3.25. The van der Waals surface area contributed by atoms with Gasteiger partial charge in [0.15, 0.2) is 18.3 Å². The number of nitrogens with zero attached hydrogens (tertiary/aromatic N) is 1. The summed E-state index contributed by atoms with van der Waals surface area (Å²) in [6.07, 6.45) is 2.28. The van der Waals surface area contributed by atoms with Crippen molar-refractivity contribution in [3.63, 3.8) is 0 Å². The zero-order valence-electron chi connectivity index (χ0n) is 18.8. The largest absolute Gasteiger partial charge is 0.484 e. The molecule has 0 saturated carbocycles. The van der Waals surface area contributed by atoms with E-state index in [2.05, 4.69) is 15.6 Å². The molecule has 172 valence electrons. The van der Waals surface area contributed by atoms with Crippen LogP contribution < -0.4 is 15.4 Å². The first-order valence-corrected chi connectivity index (χ1v) is 10.9. The Labute approximate surface area is 197 Å². The Hall–Kier alpha value is -4.39. The number of hydrogen-bond acceptors (Lipinski definition) is 5. The highest BCUT2D eigenvalue weighted by atomic mass is 16.5. The topological polar surface area (TPSA) is 93.5 Å². The molecule has 0 unspecified atom stereocenters. The molecule has 34 heavy (non-hydrogen) atoms. The van der Waals surface area contributed by atoms with Gasteiger partial charge in [-0.2, -0.15) is 0 Å². The number of amides is 2. The second-order valence-electron chi connectivity index (χ2n) is 7.76. The highest BCUT2D eigenvalue weighted by Crippen LogP contribution is 2.22. The molecule has 3 aromatic carbocycles. The standard InChI is InChI=1S/C27H25N3O4/c1-19-10-12-20(13-11-19)24-17-28-27(34-24)15-14-25(31)30-22-8-5-9-23(16-22)33-18-26(32)29-21-6-3-2-4-7-21/h2-13,16-17H,14-15,18H2,1H3,(H,29,32)(H,30,31). The van der Waals surface area contributed by atoms with Gasteiger partial charge in [-0.05, 0) is 31.2 Å². The van der Waals surface area contributed by atoms with Crippen molar-refractivity contribution in [1.29, 1.82) is 0 Å². The molecule has 2 N–H and O–H groups in total. The zero-order valence-corrected chi connectivity index (χ0v) is 18.8. The van der Waals surface area contributed by atoms with E-state index in [0.29, 0.717) is 35.2 Å². The van der Waals surface area contributed by atoms with E-state index in [4.69, 9.17) is 9.15 Å². The third kappa shape index (κ3) is 6.56. The predicted molar refractivity (Wildman–Crippen MR) is 131 cm³/mol. The minimum atomic E-state index is -0.267. The van der Waals surface area contributed by atoms with Crippen LogP contribution in [0.25, 0.3) is 11.3 Å². The number of nitrogens with one attached hydrogen (secondary N) is 2. The van der Waals surface area contributed by atoms with E-state index in [9.17, 15) is 9.59 Å². The van der Waals surface area contributed by atoms with Crippen LogP contribution in [0.5, 0.6) is 5.75 Å². The number of para-hydroxylation sites is 1. The normalized spacial score (nSPS) is 10.5. The molecule has 0 aliphatic heterocycles. The van der Waals surface area contributed by atoms with E-state index in [1.54, 1.807) is 42.6 Å². The molecular formula is C27H25N3O4. The molecule has 0 fully saturated rings. The fourth-order valence-corrected chi connectivity index (χ4v) is 3.25. The lowest BCUT2D eigenvalue weighted by atomic mass is 10.1. The van der Waals surface area contributed by atoms with Crippen LogP contribution in [0.4, 0.5) is 11.4 Å². The lowest BCUT2D eigenvalue weighted by Crippen LogP contribution is -2.20. The van der Waals surface area contributed by atoms with E-state index in [1.165, 1.54) is 5.56 Å². The van der Waals surface area contributed by atoms with Crippen molar-refractivity contribution in [1.82, 2.24) is 4.98 Å². The van der Waals surface area contributed by atoms with Crippen LogP contribution in [0, 0.1) is 6.92 Å². The van der Waals surface area contributed by atoms with E-state index in [-0.39, 0.29) is 24.8 Å². The maximum atomic E-state index is 12.4. The molecule has 1 aromatic heterocycles. The van der Waals surface area contributed by atoms with Gasteiger partial charge in [0.25, 0.3) is 5.91 Å². The molecule has 4 aromatic rings. The third-order valence-electron chi connectivity index (χ3n) is 5.00. The molecule has 0 spiro atoms. The van der Waals surface area contributed by atoms with Gasteiger partial charge in [0.05, 0.1) is 6.20 Å². The van der Waals surface area contributed by atoms with Crippen molar-refractivity contribution >= 4 is 23.2 Å². The van der Waals surface area contributed by atoms with Crippen LogP contribution in [0.15, 0.2) is 89.5 Å². The number of oxazole rings is 1. The van der Waals surface area contributed by atoms with Gasteiger partial charge >= 0.3 is 0 Å². The summed E-state index contributed by atoms with van der Waals surface area (Å²) in [6, 6.07) is 24.1.